The molecule has 52 heavy (non-hydrogen) atoms. The number of hydrogen-bond acceptors (Lipinski definition) is 10. The van der Waals surface area contributed by atoms with E-state index in [1.807, 2.05) is 24.3 Å². The third kappa shape index (κ3) is 8.17. The molecule has 284 valence electrons. The van der Waals surface area contributed by atoms with Crippen LogP contribution in [0, 0.1) is 11.8 Å². The maximum atomic E-state index is 14.4. The maximum Gasteiger partial charge on any atom is 0.410 e. The number of rotatable bonds is 6. The Labute approximate surface area is 303 Å². The molecule has 4 aliphatic heterocycles. The van der Waals surface area contributed by atoms with Gasteiger partial charge in [0.15, 0.2) is 0 Å². The number of likely N-dealkylation sites (tertiary alicyclic amines) is 1. The van der Waals surface area contributed by atoms with Gasteiger partial charge in [0.2, 0.25) is 21.8 Å². The van der Waals surface area contributed by atoms with Crippen molar-refractivity contribution in [2.75, 3.05) is 32.8 Å². The summed E-state index contributed by atoms with van der Waals surface area (Å²) in [5, 5.41) is 4.95. The number of ether oxygens (including phenoxy) is 3. The molecular weight excluding hydrogens is 694 g/mol. The number of amides is 5. The number of alkyl carbamates (subject to hydrolysis) is 1. The van der Waals surface area contributed by atoms with Gasteiger partial charge in [-0.25, -0.2) is 18.0 Å². The van der Waals surface area contributed by atoms with Gasteiger partial charge in [0.1, 0.15) is 29.8 Å². The summed E-state index contributed by atoms with van der Waals surface area (Å²) in [7, 11) is -3.89. The predicted molar refractivity (Wildman–Crippen MR) is 186 cm³/mol. The highest BCUT2D eigenvalue weighted by molar-refractivity contribution is 7.91. The molecule has 3 N–H and O–H groups in total. The molecule has 4 heterocycles. The zero-order chi connectivity index (χ0) is 36.5. The minimum Gasteiger partial charge on any atom is -0.446 e. The molecule has 0 aromatic rings. The largest absolute Gasteiger partial charge is 0.446 e. The number of nitrogens with one attached hydrogen (secondary N) is 3. The second kappa shape index (κ2) is 15.2. The second-order valence-corrected chi connectivity index (χ2v) is 17.1. The Hall–Kier alpha value is -3.92. The van der Waals surface area contributed by atoms with Crippen molar-refractivity contribution in [1.82, 2.24) is 25.2 Å². The minimum absolute atomic E-state index is 0.0390. The van der Waals surface area contributed by atoms with Crippen LogP contribution in [0.15, 0.2) is 36.0 Å². The molecule has 3 aliphatic carbocycles. The molecule has 0 radical (unpaired) electrons. The summed E-state index contributed by atoms with van der Waals surface area (Å²) >= 11 is 0. The fraction of sp³-hybridized carbons (Fsp3) is 0.694. The number of hydrogen-bond donors (Lipinski definition) is 3. The lowest BCUT2D eigenvalue weighted by atomic mass is 9.95. The smallest absolute Gasteiger partial charge is 0.410 e. The molecule has 7 aliphatic rings. The van der Waals surface area contributed by atoms with Gasteiger partial charge < -0.3 is 34.6 Å². The first-order valence-electron chi connectivity index (χ1n) is 18.7. The van der Waals surface area contributed by atoms with Crippen molar-refractivity contribution in [1.29, 1.82) is 0 Å². The van der Waals surface area contributed by atoms with Crippen LogP contribution in [0.25, 0.3) is 0 Å². The van der Waals surface area contributed by atoms with Crippen molar-refractivity contribution in [2.24, 2.45) is 11.8 Å². The summed E-state index contributed by atoms with van der Waals surface area (Å²) in [4.78, 5) is 71.7. The van der Waals surface area contributed by atoms with Gasteiger partial charge in [-0.1, -0.05) is 43.2 Å². The van der Waals surface area contributed by atoms with E-state index in [1.165, 1.54) is 4.90 Å². The highest BCUT2D eigenvalue weighted by Gasteiger charge is 2.62. The summed E-state index contributed by atoms with van der Waals surface area (Å²) in [5.41, 5.74) is -0.368. The first kappa shape index (κ1) is 36.4. The molecule has 7 rings (SSSR count). The maximum absolute atomic E-state index is 14.4. The normalized spacial score (nSPS) is 33.2. The third-order valence-corrected chi connectivity index (χ3v) is 13.1. The quantitative estimate of drug-likeness (QED) is 0.340. The van der Waals surface area contributed by atoms with E-state index in [1.54, 1.807) is 4.90 Å². The van der Waals surface area contributed by atoms with Crippen LogP contribution in [0.4, 0.5) is 9.59 Å². The molecule has 5 fully saturated rings. The Morgan fingerprint density at radius 3 is 2.54 bits per heavy atom. The third-order valence-electron chi connectivity index (χ3n) is 11.3. The van der Waals surface area contributed by atoms with E-state index in [2.05, 4.69) is 21.4 Å². The van der Waals surface area contributed by atoms with Crippen molar-refractivity contribution in [2.45, 2.75) is 112 Å². The predicted octanol–water partition coefficient (Wildman–Crippen LogP) is 2.19. The van der Waals surface area contributed by atoms with Gasteiger partial charge in [-0.2, -0.15) is 0 Å². The number of allylic oxidation sites excluding steroid dienone is 4. The summed E-state index contributed by atoms with van der Waals surface area (Å²) in [5.74, 6) is -2.21. The van der Waals surface area contributed by atoms with E-state index < -0.39 is 74.8 Å². The molecule has 16 heteroatoms. The Morgan fingerprint density at radius 1 is 0.962 bits per heavy atom. The van der Waals surface area contributed by atoms with Crippen LogP contribution >= 0.6 is 0 Å². The zero-order valence-electron chi connectivity index (χ0n) is 29.3. The lowest BCUT2D eigenvalue weighted by molar-refractivity contribution is -0.141. The molecule has 3 saturated heterocycles. The van der Waals surface area contributed by atoms with Crippen LogP contribution in [-0.4, -0.2) is 116 Å². The van der Waals surface area contributed by atoms with E-state index in [0.717, 1.165) is 24.8 Å². The van der Waals surface area contributed by atoms with Crippen molar-refractivity contribution in [3.63, 3.8) is 0 Å². The lowest BCUT2D eigenvalue weighted by Gasteiger charge is -2.30. The first-order chi connectivity index (χ1) is 25.0. The fourth-order valence-electron chi connectivity index (χ4n) is 7.97. The van der Waals surface area contributed by atoms with Crippen LogP contribution in [0.1, 0.15) is 77.0 Å². The molecule has 15 nitrogen and oxygen atoms in total. The molecular formula is C36H49N5O10S. The first-order valence-corrected chi connectivity index (χ1v) is 20.3. The monoisotopic (exact) mass is 743 g/mol. The lowest BCUT2D eigenvalue weighted by Crippen LogP contribution is -2.58. The van der Waals surface area contributed by atoms with E-state index >= 15 is 0 Å². The molecule has 1 unspecified atom stereocenters. The number of nitrogens with zero attached hydrogens (tertiary/aromatic N) is 2. The van der Waals surface area contributed by atoms with E-state index in [9.17, 15) is 32.4 Å². The molecule has 6 atom stereocenters. The summed E-state index contributed by atoms with van der Waals surface area (Å²) in [6.45, 7) is 1.78. The number of fused-ring (bicyclic) bond motifs is 3. The molecule has 0 bridgehead atoms. The summed E-state index contributed by atoms with van der Waals surface area (Å²) < 4.78 is 44.7. The van der Waals surface area contributed by atoms with Gasteiger partial charge in [-0.15, -0.1) is 0 Å². The summed E-state index contributed by atoms with van der Waals surface area (Å²) in [6.07, 6.45) is 13.5. The van der Waals surface area contributed by atoms with Crippen molar-refractivity contribution in [3.8, 4) is 0 Å². The highest BCUT2D eigenvalue weighted by Crippen LogP contribution is 2.46. The van der Waals surface area contributed by atoms with Crippen LogP contribution < -0.4 is 15.4 Å². The van der Waals surface area contributed by atoms with E-state index in [0.29, 0.717) is 71.2 Å². The Bertz CT molecular complexity index is 1640. The van der Waals surface area contributed by atoms with Gasteiger partial charge in [-0.05, 0) is 50.5 Å². The number of carbonyl (C=O) groups excluding carboxylic acids is 5. The van der Waals surface area contributed by atoms with E-state index in [4.69, 9.17) is 14.2 Å². The standard InChI is InChI=1S/C36H49N5O10S/c42-31-30-18-27(51-35(46)40-20-23-8-6-7-9-24(23)21-40)22-41(30)32(43)29(37-34(45)50-26-14-16-49-17-15-26)11-5-3-1-2-4-10-25-19-36(25,38-31)33(44)39-52(47,48)28-12-13-28/h4,6-8,10,24-30H,1-3,5,9,11-22H2,(H,37,45)(H,38,42)(H,39,44)/b10-4-/t24?,25-,27-,29+,30+,36-/m1/s1. The minimum atomic E-state index is -3.89. The molecule has 0 spiro atoms. The number of carbonyl (C=O) groups is 5. The van der Waals surface area contributed by atoms with Crippen molar-refractivity contribution in [3.05, 3.63) is 36.0 Å². The average molecular weight is 744 g/mol. The van der Waals surface area contributed by atoms with Crippen LogP contribution in [0.5, 0.6) is 0 Å². The van der Waals surface area contributed by atoms with Gasteiger partial charge in [0.25, 0.3) is 5.91 Å². The van der Waals surface area contributed by atoms with Crippen molar-refractivity contribution >= 4 is 39.9 Å². The van der Waals surface area contributed by atoms with Crippen molar-refractivity contribution < 1.29 is 46.6 Å². The number of sulfonamides is 1. The zero-order valence-corrected chi connectivity index (χ0v) is 30.2. The van der Waals surface area contributed by atoms with Crippen LogP contribution in [0.2, 0.25) is 0 Å². The van der Waals surface area contributed by atoms with Gasteiger partial charge in [0, 0.05) is 44.2 Å². The van der Waals surface area contributed by atoms with Crippen LogP contribution in [0.3, 0.4) is 0 Å². The Kier molecular flexibility index (Phi) is 10.7. The van der Waals surface area contributed by atoms with Gasteiger partial charge in [-0.3, -0.25) is 19.1 Å². The van der Waals surface area contributed by atoms with Crippen LogP contribution in [-0.2, 0) is 38.6 Å². The fourth-order valence-corrected chi connectivity index (χ4v) is 9.34. The Balaban J connectivity index is 1.11. The highest BCUT2D eigenvalue weighted by atomic mass is 32.2. The SMILES string of the molecule is O=C(N[C@H]1CCCCC/C=C\[C@@H]2C[C@@]2(C(=O)NS(=O)(=O)C2CC2)NC(=O)[C@@H]2C[C@@H](OC(=O)N3CC4=CC=CCC4C3)CN2C1=O)OC1CCOCC1. The second-order valence-electron chi connectivity index (χ2n) is 15.2. The Morgan fingerprint density at radius 2 is 1.77 bits per heavy atom. The molecule has 5 amide bonds. The molecule has 2 saturated carbocycles. The average Bonchev–Trinajstić information content (AvgIpc) is 4.01. The van der Waals surface area contributed by atoms with E-state index in [-0.39, 0.29) is 31.4 Å². The molecule has 0 aromatic heterocycles. The topological polar surface area (TPSA) is 190 Å². The van der Waals surface area contributed by atoms with Gasteiger partial charge >= 0.3 is 12.2 Å². The molecule has 0 aromatic carbocycles. The van der Waals surface area contributed by atoms with Gasteiger partial charge in [0.05, 0.1) is 25.0 Å². The summed E-state index contributed by atoms with van der Waals surface area (Å²) in [6, 6.07) is -2.18.